The van der Waals surface area contributed by atoms with Gasteiger partial charge in [-0.3, -0.25) is 0 Å². The average Bonchev–Trinajstić information content (AvgIpc) is 2.76. The number of nitrogen functional groups attached to an aromatic ring is 1. The van der Waals surface area contributed by atoms with Crippen LogP contribution in [0.3, 0.4) is 0 Å². The van der Waals surface area contributed by atoms with Gasteiger partial charge in [-0.15, -0.1) is 0 Å². The Balaban J connectivity index is 2.23. The summed E-state index contributed by atoms with van der Waals surface area (Å²) >= 11 is 0. The van der Waals surface area contributed by atoms with Gasteiger partial charge in [0.25, 0.3) is 0 Å². The molecule has 0 saturated heterocycles. The lowest BCUT2D eigenvalue weighted by Crippen LogP contribution is -1.91. The molecule has 78 valence electrons. The van der Waals surface area contributed by atoms with Gasteiger partial charge < -0.3 is 10.7 Å². The molecule has 2 heterocycles. The number of H-pyrrole nitrogens is 1. The van der Waals surface area contributed by atoms with Crippen LogP contribution in [-0.4, -0.2) is 19.9 Å². The van der Waals surface area contributed by atoms with Gasteiger partial charge in [-0.25, -0.2) is 15.0 Å². The van der Waals surface area contributed by atoms with Crippen molar-refractivity contribution in [3.05, 3.63) is 36.7 Å². The maximum absolute atomic E-state index is 5.73. The van der Waals surface area contributed by atoms with E-state index in [2.05, 4.69) is 19.9 Å². The first-order valence-corrected chi connectivity index (χ1v) is 4.86. The first kappa shape index (κ1) is 8.84. The van der Waals surface area contributed by atoms with Gasteiger partial charge in [-0.05, 0) is 0 Å². The number of benzene rings is 1. The Labute approximate surface area is 91.4 Å². The highest BCUT2D eigenvalue weighted by Gasteiger charge is 2.08. The fourth-order valence-electron chi connectivity index (χ4n) is 1.58. The van der Waals surface area contributed by atoms with Crippen molar-refractivity contribution in [3.63, 3.8) is 0 Å². The third-order valence-electron chi connectivity index (χ3n) is 2.36. The standard InChI is InChI=1S/C11H9N5/c12-9-8-11(14-6-13-9)16-10(15-8)7-4-2-1-3-5-7/h1-6H,(H3,12,13,14,15,16). The van der Waals surface area contributed by atoms with Crippen molar-refractivity contribution in [2.24, 2.45) is 0 Å². The molecule has 0 aliphatic rings. The van der Waals surface area contributed by atoms with Crippen LogP contribution in [0.25, 0.3) is 22.6 Å². The van der Waals surface area contributed by atoms with Gasteiger partial charge in [0.1, 0.15) is 17.7 Å². The molecule has 0 aliphatic heterocycles. The number of nitrogens with two attached hydrogens (primary N) is 1. The van der Waals surface area contributed by atoms with E-state index in [1.165, 1.54) is 6.33 Å². The zero-order chi connectivity index (χ0) is 11.0. The quantitative estimate of drug-likeness (QED) is 0.640. The summed E-state index contributed by atoms with van der Waals surface area (Å²) in [4.78, 5) is 15.4. The van der Waals surface area contributed by atoms with E-state index in [9.17, 15) is 0 Å². The van der Waals surface area contributed by atoms with Crippen LogP contribution in [0.1, 0.15) is 0 Å². The van der Waals surface area contributed by atoms with Crippen molar-refractivity contribution in [1.29, 1.82) is 0 Å². The van der Waals surface area contributed by atoms with E-state index in [0.717, 1.165) is 11.4 Å². The van der Waals surface area contributed by atoms with Crippen molar-refractivity contribution in [2.45, 2.75) is 0 Å². The molecular formula is C11H9N5. The van der Waals surface area contributed by atoms with Gasteiger partial charge in [-0.2, -0.15) is 0 Å². The summed E-state index contributed by atoms with van der Waals surface area (Å²) in [5.74, 6) is 1.17. The number of anilines is 1. The van der Waals surface area contributed by atoms with Crippen LogP contribution in [0.5, 0.6) is 0 Å². The highest BCUT2D eigenvalue weighted by Crippen LogP contribution is 2.20. The Hall–Kier alpha value is -2.43. The number of rotatable bonds is 1. The molecule has 2 aromatic heterocycles. The summed E-state index contributed by atoms with van der Waals surface area (Å²) in [5, 5.41) is 0. The maximum atomic E-state index is 5.73. The minimum absolute atomic E-state index is 0.416. The number of nitrogens with one attached hydrogen (secondary N) is 1. The number of nitrogens with zero attached hydrogens (tertiary/aromatic N) is 3. The average molecular weight is 211 g/mol. The summed E-state index contributed by atoms with van der Waals surface area (Å²) in [6, 6.07) is 9.82. The Morgan fingerprint density at radius 2 is 1.88 bits per heavy atom. The lowest BCUT2D eigenvalue weighted by atomic mass is 10.2. The zero-order valence-corrected chi connectivity index (χ0v) is 8.38. The van der Waals surface area contributed by atoms with Crippen molar-refractivity contribution >= 4 is 17.0 Å². The molecule has 0 radical (unpaired) electrons. The predicted octanol–water partition coefficient (Wildman–Crippen LogP) is 1.60. The third-order valence-corrected chi connectivity index (χ3v) is 2.36. The molecule has 0 amide bonds. The van der Waals surface area contributed by atoms with Crippen molar-refractivity contribution < 1.29 is 0 Å². The van der Waals surface area contributed by atoms with Gasteiger partial charge in [-0.1, -0.05) is 30.3 Å². The minimum Gasteiger partial charge on any atom is -0.382 e. The first-order valence-electron chi connectivity index (χ1n) is 4.86. The van der Waals surface area contributed by atoms with Crippen molar-refractivity contribution in [3.8, 4) is 11.4 Å². The highest BCUT2D eigenvalue weighted by atomic mass is 15.0. The summed E-state index contributed by atoms with van der Waals surface area (Å²) in [7, 11) is 0. The van der Waals surface area contributed by atoms with E-state index in [1.807, 2.05) is 30.3 Å². The molecule has 0 spiro atoms. The largest absolute Gasteiger partial charge is 0.382 e. The fraction of sp³-hybridized carbons (Fsp3) is 0. The van der Waals surface area contributed by atoms with Crippen LogP contribution < -0.4 is 5.73 Å². The lowest BCUT2D eigenvalue weighted by molar-refractivity contribution is 1.21. The smallest absolute Gasteiger partial charge is 0.183 e. The molecule has 5 nitrogen and oxygen atoms in total. The molecule has 3 N–H and O–H groups in total. The molecule has 0 fully saturated rings. The van der Waals surface area contributed by atoms with Crippen molar-refractivity contribution in [2.75, 3.05) is 5.73 Å². The molecule has 1 aromatic carbocycles. The van der Waals surface area contributed by atoms with Crippen molar-refractivity contribution in [1.82, 2.24) is 19.9 Å². The molecule has 0 bridgehead atoms. The Morgan fingerprint density at radius 3 is 2.62 bits per heavy atom. The van der Waals surface area contributed by atoms with Gasteiger partial charge in [0.15, 0.2) is 11.5 Å². The number of imidazole rings is 1. The number of fused-ring (bicyclic) bond motifs is 1. The van der Waals surface area contributed by atoms with Crippen LogP contribution >= 0.6 is 0 Å². The topological polar surface area (TPSA) is 80.5 Å². The minimum atomic E-state index is 0.416. The van der Waals surface area contributed by atoms with E-state index >= 15 is 0 Å². The molecule has 16 heavy (non-hydrogen) atoms. The van der Waals surface area contributed by atoms with Crippen LogP contribution in [-0.2, 0) is 0 Å². The number of hydrogen-bond acceptors (Lipinski definition) is 4. The van der Waals surface area contributed by atoms with Gasteiger partial charge in [0, 0.05) is 5.56 Å². The Kier molecular flexibility index (Phi) is 1.83. The molecule has 3 rings (SSSR count). The molecule has 3 aromatic rings. The number of aromatic nitrogens is 4. The van der Waals surface area contributed by atoms with E-state index in [1.54, 1.807) is 0 Å². The monoisotopic (exact) mass is 211 g/mol. The highest BCUT2D eigenvalue weighted by molar-refractivity contribution is 5.84. The van der Waals surface area contributed by atoms with Crippen LogP contribution in [0.4, 0.5) is 5.82 Å². The summed E-state index contributed by atoms with van der Waals surface area (Å²) in [5.41, 5.74) is 8.00. The molecular weight excluding hydrogens is 202 g/mol. The summed E-state index contributed by atoms with van der Waals surface area (Å²) < 4.78 is 0. The second-order valence-corrected chi connectivity index (χ2v) is 3.41. The van der Waals surface area contributed by atoms with Gasteiger partial charge in [0.2, 0.25) is 0 Å². The van der Waals surface area contributed by atoms with Gasteiger partial charge in [0.05, 0.1) is 0 Å². The maximum Gasteiger partial charge on any atom is 0.183 e. The normalized spacial score (nSPS) is 10.8. The molecule has 0 atom stereocenters. The van der Waals surface area contributed by atoms with E-state index < -0.39 is 0 Å². The second-order valence-electron chi connectivity index (χ2n) is 3.41. The SMILES string of the molecule is Nc1ncnc2nc(-c3ccccc3)[nH]c12. The van der Waals surface area contributed by atoms with E-state index in [0.29, 0.717) is 17.0 Å². The van der Waals surface area contributed by atoms with Gasteiger partial charge >= 0.3 is 0 Å². The number of aromatic amines is 1. The third kappa shape index (κ3) is 1.30. The first-order chi connectivity index (χ1) is 7.84. The molecule has 0 saturated carbocycles. The molecule has 0 aliphatic carbocycles. The molecule has 0 unspecified atom stereocenters. The Bertz CT molecular complexity index is 629. The lowest BCUT2D eigenvalue weighted by Gasteiger charge is -1.93. The summed E-state index contributed by atoms with van der Waals surface area (Å²) in [6.45, 7) is 0. The van der Waals surface area contributed by atoms with E-state index in [4.69, 9.17) is 5.73 Å². The van der Waals surface area contributed by atoms with Crippen LogP contribution in [0.2, 0.25) is 0 Å². The van der Waals surface area contributed by atoms with E-state index in [-0.39, 0.29) is 0 Å². The summed E-state index contributed by atoms with van der Waals surface area (Å²) in [6.07, 6.45) is 1.41. The second kappa shape index (κ2) is 3.30. The zero-order valence-electron chi connectivity index (χ0n) is 8.38. The fourth-order valence-corrected chi connectivity index (χ4v) is 1.58. The molecule has 5 heteroatoms. The Morgan fingerprint density at radius 1 is 1.06 bits per heavy atom. The van der Waals surface area contributed by atoms with Crippen LogP contribution in [0.15, 0.2) is 36.7 Å². The van der Waals surface area contributed by atoms with Crippen LogP contribution in [0, 0.1) is 0 Å². The predicted molar refractivity (Wildman–Crippen MR) is 61.5 cm³/mol. The number of hydrogen-bond donors (Lipinski definition) is 2.